The number of piperazine rings is 1. The molecule has 0 bridgehead atoms. The van der Waals surface area contributed by atoms with Crippen LogP contribution in [-0.2, 0) is 0 Å². The van der Waals surface area contributed by atoms with Crippen molar-refractivity contribution in [3.8, 4) is 11.5 Å². The summed E-state index contributed by atoms with van der Waals surface area (Å²) in [5.74, 6) is 0.770. The predicted molar refractivity (Wildman–Crippen MR) is 105 cm³/mol. The minimum absolute atomic E-state index is 0.0692. The number of nitrogens with zero attached hydrogens (tertiary/aromatic N) is 4. The first kappa shape index (κ1) is 16.0. The van der Waals surface area contributed by atoms with E-state index in [1.54, 1.807) is 0 Å². The highest BCUT2D eigenvalue weighted by Crippen LogP contribution is 2.26. The van der Waals surface area contributed by atoms with E-state index in [-0.39, 0.29) is 5.91 Å². The van der Waals surface area contributed by atoms with E-state index in [2.05, 4.69) is 32.1 Å². The maximum Gasteiger partial charge on any atom is 0.254 e. The molecule has 5 rings (SSSR count). The summed E-state index contributed by atoms with van der Waals surface area (Å²) in [5, 5.41) is 8.45. The van der Waals surface area contributed by atoms with Gasteiger partial charge in [0.05, 0.1) is 16.6 Å². The molecule has 2 aromatic heterocycles. The number of aromatic amines is 2. The molecule has 2 aromatic carbocycles. The number of benzene rings is 2. The van der Waals surface area contributed by atoms with Crippen LogP contribution in [0.3, 0.4) is 0 Å². The van der Waals surface area contributed by atoms with Crippen molar-refractivity contribution in [1.82, 2.24) is 30.0 Å². The summed E-state index contributed by atoms with van der Waals surface area (Å²) in [7, 11) is 2.08. The molecule has 7 nitrogen and oxygen atoms in total. The molecule has 1 aliphatic heterocycles. The van der Waals surface area contributed by atoms with Gasteiger partial charge in [-0.15, -0.1) is 0 Å². The van der Waals surface area contributed by atoms with Crippen LogP contribution in [0.2, 0.25) is 0 Å². The normalized spacial score (nSPS) is 15.7. The van der Waals surface area contributed by atoms with Crippen LogP contribution >= 0.6 is 0 Å². The second-order valence-corrected chi connectivity index (χ2v) is 7.03. The summed E-state index contributed by atoms with van der Waals surface area (Å²) in [6.07, 6.45) is 0. The topological polar surface area (TPSA) is 80.9 Å². The van der Waals surface area contributed by atoms with Gasteiger partial charge in [0.2, 0.25) is 0 Å². The van der Waals surface area contributed by atoms with Crippen molar-refractivity contribution in [3.63, 3.8) is 0 Å². The monoisotopic (exact) mass is 360 g/mol. The lowest BCUT2D eigenvalue weighted by Gasteiger charge is -2.32. The molecule has 0 aliphatic carbocycles. The van der Waals surface area contributed by atoms with E-state index in [4.69, 9.17) is 0 Å². The zero-order chi connectivity index (χ0) is 18.4. The largest absolute Gasteiger partial charge is 0.337 e. The van der Waals surface area contributed by atoms with Crippen LogP contribution in [0.5, 0.6) is 0 Å². The number of fused-ring (bicyclic) bond motifs is 2. The Labute approximate surface area is 156 Å². The Morgan fingerprint density at radius 3 is 2.70 bits per heavy atom. The number of para-hydroxylation sites is 1. The molecule has 1 fully saturated rings. The van der Waals surface area contributed by atoms with Crippen molar-refractivity contribution in [2.45, 2.75) is 0 Å². The maximum absolute atomic E-state index is 12.8. The summed E-state index contributed by atoms with van der Waals surface area (Å²) >= 11 is 0. The molecular weight excluding hydrogens is 340 g/mol. The summed E-state index contributed by atoms with van der Waals surface area (Å²) in [6, 6.07) is 13.6. The third-order valence-electron chi connectivity index (χ3n) is 5.22. The highest BCUT2D eigenvalue weighted by Gasteiger charge is 2.21. The quantitative estimate of drug-likeness (QED) is 0.575. The average Bonchev–Trinajstić information content (AvgIpc) is 3.31. The molecule has 136 valence electrons. The Bertz CT molecular complexity index is 1140. The fraction of sp³-hybridized carbons (Fsp3) is 0.250. The molecule has 3 heterocycles. The number of hydrogen-bond donors (Lipinski definition) is 2. The van der Waals surface area contributed by atoms with Gasteiger partial charge in [0.15, 0.2) is 5.82 Å². The number of rotatable bonds is 2. The van der Waals surface area contributed by atoms with E-state index in [1.807, 2.05) is 47.4 Å². The van der Waals surface area contributed by atoms with E-state index < -0.39 is 0 Å². The number of likely N-dealkylation sites (N-methyl/N-ethyl adjacent to an activating group) is 1. The van der Waals surface area contributed by atoms with Crippen molar-refractivity contribution in [1.29, 1.82) is 0 Å². The summed E-state index contributed by atoms with van der Waals surface area (Å²) in [4.78, 5) is 25.0. The predicted octanol–water partition coefficient (Wildman–Crippen LogP) is 2.49. The molecule has 1 saturated heterocycles. The van der Waals surface area contributed by atoms with Crippen LogP contribution in [0.15, 0.2) is 42.5 Å². The number of imidazole rings is 1. The molecule has 1 aliphatic rings. The lowest BCUT2D eigenvalue weighted by atomic mass is 10.1. The molecule has 0 atom stereocenters. The minimum Gasteiger partial charge on any atom is -0.337 e. The van der Waals surface area contributed by atoms with Crippen LogP contribution in [0.4, 0.5) is 0 Å². The van der Waals surface area contributed by atoms with Crippen LogP contribution in [0, 0.1) is 0 Å². The Morgan fingerprint density at radius 1 is 1.04 bits per heavy atom. The van der Waals surface area contributed by atoms with Crippen LogP contribution in [0.25, 0.3) is 33.5 Å². The standard InChI is InChI=1S/C20H20N6O/c1-25-8-10-26(11-9-25)20(27)13-6-7-16-17(12-13)22-19(21-16)18-14-4-2-3-5-15(14)23-24-18/h2-7,12H,8-11H2,1H3,(H,21,22)(H,23,24). The third kappa shape index (κ3) is 2.76. The van der Waals surface area contributed by atoms with Crippen molar-refractivity contribution in [2.75, 3.05) is 33.2 Å². The molecule has 0 spiro atoms. The summed E-state index contributed by atoms with van der Waals surface area (Å²) in [6.45, 7) is 3.34. The second-order valence-electron chi connectivity index (χ2n) is 7.03. The molecule has 27 heavy (non-hydrogen) atoms. The first-order valence-electron chi connectivity index (χ1n) is 9.10. The number of hydrogen-bond acceptors (Lipinski definition) is 4. The molecule has 2 N–H and O–H groups in total. The van der Waals surface area contributed by atoms with Gasteiger partial charge in [-0.25, -0.2) is 4.98 Å². The minimum atomic E-state index is 0.0692. The highest BCUT2D eigenvalue weighted by molar-refractivity contribution is 5.98. The van der Waals surface area contributed by atoms with E-state index >= 15 is 0 Å². The van der Waals surface area contributed by atoms with Crippen LogP contribution in [-0.4, -0.2) is 69.1 Å². The zero-order valence-electron chi connectivity index (χ0n) is 15.1. The smallest absolute Gasteiger partial charge is 0.254 e. The highest BCUT2D eigenvalue weighted by atomic mass is 16.2. The molecule has 1 amide bonds. The Morgan fingerprint density at radius 2 is 1.85 bits per heavy atom. The summed E-state index contributed by atoms with van der Waals surface area (Å²) in [5.41, 5.74) is 4.11. The molecule has 0 unspecified atom stereocenters. The molecule has 0 saturated carbocycles. The van der Waals surface area contributed by atoms with Gasteiger partial charge in [-0.1, -0.05) is 18.2 Å². The molecule has 0 radical (unpaired) electrons. The van der Waals surface area contributed by atoms with Gasteiger partial charge < -0.3 is 14.8 Å². The first-order valence-corrected chi connectivity index (χ1v) is 9.10. The van der Waals surface area contributed by atoms with Gasteiger partial charge in [-0.05, 0) is 31.3 Å². The van der Waals surface area contributed by atoms with Crippen molar-refractivity contribution in [2.24, 2.45) is 0 Å². The molecule has 4 aromatic rings. The van der Waals surface area contributed by atoms with E-state index in [0.29, 0.717) is 11.4 Å². The van der Waals surface area contributed by atoms with Gasteiger partial charge in [0.25, 0.3) is 5.91 Å². The maximum atomic E-state index is 12.8. The zero-order valence-corrected chi connectivity index (χ0v) is 15.1. The first-order chi connectivity index (χ1) is 13.2. The van der Waals surface area contributed by atoms with Gasteiger partial charge in [-0.2, -0.15) is 5.10 Å². The Kier molecular flexibility index (Phi) is 3.68. The average molecular weight is 360 g/mol. The van der Waals surface area contributed by atoms with Gasteiger partial charge >= 0.3 is 0 Å². The fourth-order valence-electron chi connectivity index (χ4n) is 3.59. The van der Waals surface area contributed by atoms with Gasteiger partial charge in [0, 0.05) is 37.1 Å². The van der Waals surface area contributed by atoms with E-state index in [0.717, 1.165) is 53.8 Å². The van der Waals surface area contributed by atoms with Crippen LogP contribution in [0.1, 0.15) is 10.4 Å². The SMILES string of the molecule is CN1CCN(C(=O)c2ccc3[nH]c(-c4n[nH]c5ccccc45)nc3c2)CC1. The lowest BCUT2D eigenvalue weighted by molar-refractivity contribution is 0.0664. The lowest BCUT2D eigenvalue weighted by Crippen LogP contribution is -2.47. The number of amides is 1. The second kappa shape index (κ2) is 6.21. The number of carbonyl (C=O) groups excluding carboxylic acids is 1. The molecular formula is C20H20N6O. The number of H-pyrrole nitrogens is 2. The van der Waals surface area contributed by atoms with Crippen molar-refractivity contribution < 1.29 is 4.79 Å². The van der Waals surface area contributed by atoms with Crippen molar-refractivity contribution in [3.05, 3.63) is 48.0 Å². The van der Waals surface area contributed by atoms with Crippen LogP contribution < -0.4 is 0 Å². The van der Waals surface area contributed by atoms with E-state index in [1.165, 1.54) is 0 Å². The number of carbonyl (C=O) groups is 1. The number of aromatic nitrogens is 4. The van der Waals surface area contributed by atoms with Gasteiger partial charge in [-0.3, -0.25) is 9.89 Å². The fourth-order valence-corrected chi connectivity index (χ4v) is 3.59. The van der Waals surface area contributed by atoms with Crippen molar-refractivity contribution >= 4 is 27.8 Å². The Hall–Kier alpha value is -3.19. The van der Waals surface area contributed by atoms with Gasteiger partial charge in [0.1, 0.15) is 5.69 Å². The summed E-state index contributed by atoms with van der Waals surface area (Å²) < 4.78 is 0. The molecule has 7 heteroatoms. The number of nitrogens with one attached hydrogen (secondary N) is 2. The van der Waals surface area contributed by atoms with E-state index in [9.17, 15) is 4.79 Å². The third-order valence-corrected chi connectivity index (χ3v) is 5.22. The Balaban J connectivity index is 1.49.